The summed E-state index contributed by atoms with van der Waals surface area (Å²) in [5, 5.41) is 3.34. The fraction of sp³-hybridized carbons (Fsp3) is 0.600. The van der Waals surface area contributed by atoms with Crippen LogP contribution in [0.25, 0.3) is 0 Å². The van der Waals surface area contributed by atoms with Gasteiger partial charge in [0.2, 0.25) is 5.91 Å². The molecule has 1 amide bonds. The third-order valence-corrected chi connectivity index (χ3v) is 4.70. The first-order chi connectivity index (χ1) is 10.2. The van der Waals surface area contributed by atoms with E-state index in [-0.39, 0.29) is 11.9 Å². The van der Waals surface area contributed by atoms with Crippen molar-refractivity contribution in [3.8, 4) is 0 Å². The van der Waals surface area contributed by atoms with E-state index >= 15 is 0 Å². The van der Waals surface area contributed by atoms with Crippen LogP contribution in [0.5, 0.6) is 0 Å². The summed E-state index contributed by atoms with van der Waals surface area (Å²) in [6.45, 7) is 4.25. The van der Waals surface area contributed by atoms with Gasteiger partial charge in [-0.15, -0.1) is 0 Å². The van der Waals surface area contributed by atoms with Crippen LogP contribution in [0.4, 0.5) is 5.82 Å². The van der Waals surface area contributed by atoms with Gasteiger partial charge >= 0.3 is 0 Å². The standard InChI is InChI=1S/C15H21BrN4O/c16-12-4-5-14(18-11-12)19-7-9-20(10-8-19)15(21)13-3-1-2-6-17-13/h4-5,11,13,17H,1-3,6-10H2. The molecule has 0 aliphatic carbocycles. The molecule has 2 aliphatic heterocycles. The number of amides is 1. The third-order valence-electron chi connectivity index (χ3n) is 4.24. The first-order valence-electron chi connectivity index (χ1n) is 7.63. The van der Waals surface area contributed by atoms with Gasteiger partial charge in [-0.25, -0.2) is 4.98 Å². The molecule has 1 unspecified atom stereocenters. The molecular formula is C15H21BrN4O. The quantitative estimate of drug-likeness (QED) is 0.878. The van der Waals surface area contributed by atoms with Crippen LogP contribution >= 0.6 is 15.9 Å². The summed E-state index contributed by atoms with van der Waals surface area (Å²) >= 11 is 3.40. The van der Waals surface area contributed by atoms with Crippen molar-refractivity contribution in [3.63, 3.8) is 0 Å². The number of nitrogens with zero attached hydrogens (tertiary/aromatic N) is 3. The maximum atomic E-state index is 12.5. The molecule has 2 fully saturated rings. The Kier molecular flexibility index (Phi) is 4.75. The molecule has 2 saturated heterocycles. The Labute approximate surface area is 133 Å². The number of piperidine rings is 1. The first kappa shape index (κ1) is 14.8. The Morgan fingerprint density at radius 2 is 2.05 bits per heavy atom. The Morgan fingerprint density at radius 1 is 1.24 bits per heavy atom. The van der Waals surface area contributed by atoms with Crippen LogP contribution < -0.4 is 10.2 Å². The van der Waals surface area contributed by atoms with E-state index in [0.29, 0.717) is 0 Å². The number of pyridine rings is 1. The van der Waals surface area contributed by atoms with Crippen molar-refractivity contribution in [2.45, 2.75) is 25.3 Å². The highest BCUT2D eigenvalue weighted by molar-refractivity contribution is 9.10. The highest BCUT2D eigenvalue weighted by Crippen LogP contribution is 2.17. The lowest BCUT2D eigenvalue weighted by Crippen LogP contribution is -2.55. The maximum Gasteiger partial charge on any atom is 0.239 e. The molecule has 1 atom stereocenters. The maximum absolute atomic E-state index is 12.5. The lowest BCUT2D eigenvalue weighted by Gasteiger charge is -2.37. The fourth-order valence-corrected chi connectivity index (χ4v) is 3.23. The van der Waals surface area contributed by atoms with E-state index in [1.54, 1.807) is 0 Å². The zero-order chi connectivity index (χ0) is 14.7. The summed E-state index contributed by atoms with van der Waals surface area (Å²) in [4.78, 5) is 21.1. The second kappa shape index (κ2) is 6.75. The van der Waals surface area contributed by atoms with Gasteiger partial charge < -0.3 is 15.1 Å². The van der Waals surface area contributed by atoms with Crippen LogP contribution in [0.2, 0.25) is 0 Å². The smallest absolute Gasteiger partial charge is 0.239 e. The minimum atomic E-state index is 0.0381. The van der Waals surface area contributed by atoms with E-state index in [1.807, 2.05) is 23.2 Å². The number of piperazine rings is 1. The van der Waals surface area contributed by atoms with Gasteiger partial charge in [0.15, 0.2) is 0 Å². The Bertz CT molecular complexity index is 479. The summed E-state index contributed by atoms with van der Waals surface area (Å²) < 4.78 is 0.989. The number of rotatable bonds is 2. The molecule has 114 valence electrons. The lowest BCUT2D eigenvalue weighted by atomic mass is 10.0. The van der Waals surface area contributed by atoms with E-state index < -0.39 is 0 Å². The molecule has 6 heteroatoms. The summed E-state index contributed by atoms with van der Waals surface area (Å²) in [5.74, 6) is 1.26. The summed E-state index contributed by atoms with van der Waals surface area (Å²) in [7, 11) is 0. The van der Waals surface area contributed by atoms with Crippen molar-refractivity contribution in [2.24, 2.45) is 0 Å². The molecule has 0 aromatic carbocycles. The van der Waals surface area contributed by atoms with E-state index in [1.165, 1.54) is 6.42 Å². The summed E-state index contributed by atoms with van der Waals surface area (Å²) in [5.41, 5.74) is 0. The van der Waals surface area contributed by atoms with Gasteiger partial charge in [0.25, 0.3) is 0 Å². The lowest BCUT2D eigenvalue weighted by molar-refractivity contribution is -0.134. The van der Waals surface area contributed by atoms with Crippen LogP contribution in [-0.4, -0.2) is 54.6 Å². The molecule has 0 spiro atoms. The van der Waals surface area contributed by atoms with E-state index in [9.17, 15) is 4.79 Å². The molecule has 2 aliphatic rings. The largest absolute Gasteiger partial charge is 0.353 e. The number of hydrogen-bond acceptors (Lipinski definition) is 4. The molecule has 1 aromatic rings. The van der Waals surface area contributed by atoms with E-state index in [0.717, 1.165) is 55.9 Å². The number of hydrogen-bond donors (Lipinski definition) is 1. The van der Waals surface area contributed by atoms with Gasteiger partial charge in [-0.3, -0.25) is 4.79 Å². The number of carbonyl (C=O) groups is 1. The monoisotopic (exact) mass is 352 g/mol. The normalized spacial score (nSPS) is 23.2. The van der Waals surface area contributed by atoms with Crippen molar-refractivity contribution >= 4 is 27.7 Å². The predicted octanol–water partition coefficient (Wildman–Crippen LogP) is 1.63. The van der Waals surface area contributed by atoms with E-state index in [2.05, 4.69) is 31.1 Å². The van der Waals surface area contributed by atoms with Crippen molar-refractivity contribution < 1.29 is 4.79 Å². The van der Waals surface area contributed by atoms with Crippen LogP contribution in [0.3, 0.4) is 0 Å². The molecule has 1 aromatic heterocycles. The number of halogens is 1. The third kappa shape index (κ3) is 3.55. The van der Waals surface area contributed by atoms with Crippen LogP contribution in [0.1, 0.15) is 19.3 Å². The molecule has 3 heterocycles. The molecular weight excluding hydrogens is 332 g/mol. The second-order valence-corrected chi connectivity index (χ2v) is 6.57. The molecule has 0 saturated carbocycles. The fourth-order valence-electron chi connectivity index (χ4n) is 2.99. The molecule has 0 bridgehead atoms. The Morgan fingerprint density at radius 3 is 2.67 bits per heavy atom. The van der Waals surface area contributed by atoms with E-state index in [4.69, 9.17) is 0 Å². The average molecular weight is 353 g/mol. The van der Waals surface area contributed by atoms with Crippen LogP contribution in [0, 0.1) is 0 Å². The van der Waals surface area contributed by atoms with Crippen LogP contribution in [0.15, 0.2) is 22.8 Å². The minimum Gasteiger partial charge on any atom is -0.353 e. The van der Waals surface area contributed by atoms with Gasteiger partial charge in [-0.05, 0) is 47.4 Å². The highest BCUT2D eigenvalue weighted by atomic mass is 79.9. The molecule has 1 N–H and O–H groups in total. The zero-order valence-electron chi connectivity index (χ0n) is 12.1. The number of anilines is 1. The van der Waals surface area contributed by atoms with Gasteiger partial charge in [-0.1, -0.05) is 6.42 Å². The van der Waals surface area contributed by atoms with Gasteiger partial charge in [-0.2, -0.15) is 0 Å². The van der Waals surface area contributed by atoms with Crippen LogP contribution in [-0.2, 0) is 4.79 Å². The Hall–Kier alpha value is -1.14. The van der Waals surface area contributed by atoms with Crippen molar-refractivity contribution in [3.05, 3.63) is 22.8 Å². The summed E-state index contributed by atoms with van der Waals surface area (Å²) in [6, 6.07) is 4.06. The number of nitrogens with one attached hydrogen (secondary N) is 1. The second-order valence-electron chi connectivity index (χ2n) is 5.65. The van der Waals surface area contributed by atoms with Crippen molar-refractivity contribution in [2.75, 3.05) is 37.6 Å². The topological polar surface area (TPSA) is 48.5 Å². The first-order valence-corrected chi connectivity index (χ1v) is 8.42. The predicted molar refractivity (Wildman–Crippen MR) is 86.4 cm³/mol. The minimum absolute atomic E-state index is 0.0381. The molecule has 5 nitrogen and oxygen atoms in total. The average Bonchev–Trinajstić information content (AvgIpc) is 2.56. The SMILES string of the molecule is O=C(C1CCCCN1)N1CCN(c2ccc(Br)cn2)CC1. The van der Waals surface area contributed by atoms with Gasteiger partial charge in [0, 0.05) is 36.8 Å². The van der Waals surface area contributed by atoms with Gasteiger partial charge in [0.05, 0.1) is 6.04 Å². The zero-order valence-corrected chi connectivity index (χ0v) is 13.7. The molecule has 0 radical (unpaired) electrons. The summed E-state index contributed by atoms with van der Waals surface area (Å²) in [6.07, 6.45) is 5.14. The van der Waals surface area contributed by atoms with Crippen molar-refractivity contribution in [1.82, 2.24) is 15.2 Å². The Balaban J connectivity index is 1.54. The molecule has 21 heavy (non-hydrogen) atoms. The molecule has 3 rings (SSSR count). The van der Waals surface area contributed by atoms with Crippen molar-refractivity contribution in [1.29, 1.82) is 0 Å². The number of carbonyl (C=O) groups excluding carboxylic acids is 1. The van der Waals surface area contributed by atoms with Gasteiger partial charge in [0.1, 0.15) is 5.82 Å². The number of aromatic nitrogens is 1. The highest BCUT2D eigenvalue weighted by Gasteiger charge is 2.28.